The summed E-state index contributed by atoms with van der Waals surface area (Å²) in [6.07, 6.45) is 4.60. The number of nitrogens with one attached hydrogen (secondary N) is 3. The number of fused-ring (bicyclic) bond motifs is 1. The third-order valence-corrected chi connectivity index (χ3v) is 5.98. The second-order valence-electron chi connectivity index (χ2n) is 8.18. The van der Waals surface area contributed by atoms with Crippen LogP contribution in [0.2, 0.25) is 0 Å². The van der Waals surface area contributed by atoms with Gasteiger partial charge in [-0.25, -0.2) is 9.78 Å². The Bertz CT molecular complexity index is 936. The lowest BCUT2D eigenvalue weighted by molar-refractivity contribution is 0.250. The van der Waals surface area contributed by atoms with Gasteiger partial charge in [0, 0.05) is 18.7 Å². The Morgan fingerprint density at radius 1 is 1.24 bits per heavy atom. The molecule has 0 bridgehead atoms. The first kappa shape index (κ1) is 18.2. The fraction of sp³-hybridized carbons (Fsp3) is 0.455. The summed E-state index contributed by atoms with van der Waals surface area (Å²) in [5.74, 6) is 2.30. The van der Waals surface area contributed by atoms with Gasteiger partial charge in [-0.3, -0.25) is 5.32 Å². The first-order valence-electron chi connectivity index (χ1n) is 10.4. The fourth-order valence-corrected chi connectivity index (χ4v) is 4.20. The van der Waals surface area contributed by atoms with E-state index in [4.69, 9.17) is 9.72 Å². The maximum absolute atomic E-state index is 11.9. The van der Waals surface area contributed by atoms with Crippen LogP contribution in [0.5, 0.6) is 11.5 Å². The van der Waals surface area contributed by atoms with Gasteiger partial charge < -0.3 is 20.5 Å². The third kappa shape index (κ3) is 3.74. The summed E-state index contributed by atoms with van der Waals surface area (Å²) < 4.78 is 6.03. The van der Waals surface area contributed by atoms with Crippen molar-refractivity contribution in [2.24, 2.45) is 5.92 Å². The number of anilines is 1. The van der Waals surface area contributed by atoms with Crippen LogP contribution >= 0.6 is 0 Å². The number of nitrogens with zero attached hydrogens (tertiary/aromatic N) is 1. The van der Waals surface area contributed by atoms with E-state index in [2.05, 4.69) is 22.0 Å². The number of hydrogen-bond acceptors (Lipinski definition) is 5. The number of piperidine rings is 1. The highest BCUT2D eigenvalue weighted by Gasteiger charge is 2.28. The lowest BCUT2D eigenvalue weighted by Crippen LogP contribution is -2.36. The maximum atomic E-state index is 11.9. The van der Waals surface area contributed by atoms with Crippen LogP contribution in [0.1, 0.15) is 42.7 Å². The summed E-state index contributed by atoms with van der Waals surface area (Å²) in [6.45, 7) is 3.05. The number of aromatic nitrogens is 1. The Labute approximate surface area is 169 Å². The Balaban J connectivity index is 1.59. The van der Waals surface area contributed by atoms with Gasteiger partial charge in [0.1, 0.15) is 17.3 Å². The number of rotatable bonds is 5. The van der Waals surface area contributed by atoms with Crippen LogP contribution in [0, 0.1) is 5.92 Å². The molecule has 2 aromatic rings. The van der Waals surface area contributed by atoms with Gasteiger partial charge in [-0.2, -0.15) is 0 Å². The molecule has 3 aliphatic rings. The number of carbonyl (C=O) groups excluding carboxylic acids is 1. The number of aromatic hydroxyl groups is 1. The molecule has 1 saturated carbocycles. The molecule has 4 N–H and O–H groups in total. The number of urea groups is 1. The van der Waals surface area contributed by atoms with E-state index in [0.717, 1.165) is 31.5 Å². The molecule has 1 saturated heterocycles. The molecule has 5 rings (SSSR count). The molecule has 152 valence electrons. The number of pyridine rings is 1. The summed E-state index contributed by atoms with van der Waals surface area (Å²) >= 11 is 0. The molecule has 1 aliphatic carbocycles. The van der Waals surface area contributed by atoms with E-state index in [-0.39, 0.29) is 11.8 Å². The first-order valence-corrected chi connectivity index (χ1v) is 10.4. The molecule has 3 heterocycles. The number of hydrogen-bond donors (Lipinski definition) is 4. The first-order chi connectivity index (χ1) is 14.2. The Morgan fingerprint density at radius 2 is 2.14 bits per heavy atom. The van der Waals surface area contributed by atoms with Crippen molar-refractivity contribution < 1.29 is 14.6 Å². The number of carbonyl (C=O) groups is 1. The molecule has 2 fully saturated rings. The molecule has 7 nitrogen and oxygen atoms in total. The van der Waals surface area contributed by atoms with Gasteiger partial charge in [0.2, 0.25) is 0 Å². The average Bonchev–Trinajstić information content (AvgIpc) is 3.56. The van der Waals surface area contributed by atoms with E-state index in [1.165, 1.54) is 18.4 Å². The fourth-order valence-electron chi connectivity index (χ4n) is 4.20. The van der Waals surface area contributed by atoms with Crippen molar-refractivity contribution in [2.45, 2.75) is 38.1 Å². The van der Waals surface area contributed by atoms with Gasteiger partial charge in [-0.15, -0.1) is 0 Å². The van der Waals surface area contributed by atoms with E-state index < -0.39 is 0 Å². The minimum Gasteiger partial charge on any atom is -0.507 e. The molecule has 29 heavy (non-hydrogen) atoms. The lowest BCUT2D eigenvalue weighted by Gasteiger charge is -2.29. The van der Waals surface area contributed by atoms with Crippen LogP contribution in [0.3, 0.4) is 0 Å². The van der Waals surface area contributed by atoms with Gasteiger partial charge in [0.05, 0.1) is 17.9 Å². The Kier molecular flexibility index (Phi) is 4.75. The number of phenols is 1. The highest BCUT2D eigenvalue weighted by Crippen LogP contribution is 2.41. The second-order valence-corrected chi connectivity index (χ2v) is 8.18. The van der Waals surface area contributed by atoms with Gasteiger partial charge in [-0.05, 0) is 67.8 Å². The number of phenolic OH excluding ortho intramolecular Hbond substituents is 1. The molecule has 1 unspecified atom stereocenters. The molecule has 1 aromatic heterocycles. The maximum Gasteiger partial charge on any atom is 0.320 e. The van der Waals surface area contributed by atoms with E-state index in [9.17, 15) is 9.90 Å². The predicted octanol–water partition coefficient (Wildman–Crippen LogP) is 3.35. The van der Waals surface area contributed by atoms with Gasteiger partial charge in [0.25, 0.3) is 0 Å². The molecule has 1 atom stereocenters. The van der Waals surface area contributed by atoms with E-state index in [1.807, 2.05) is 6.07 Å². The zero-order valence-electron chi connectivity index (χ0n) is 16.3. The van der Waals surface area contributed by atoms with Crippen molar-refractivity contribution in [1.29, 1.82) is 0 Å². The van der Waals surface area contributed by atoms with Gasteiger partial charge in [0.15, 0.2) is 0 Å². The molecule has 0 spiro atoms. The van der Waals surface area contributed by atoms with Crippen LogP contribution in [0.25, 0.3) is 11.3 Å². The van der Waals surface area contributed by atoms with E-state index in [1.54, 1.807) is 12.1 Å². The van der Waals surface area contributed by atoms with Crippen molar-refractivity contribution >= 4 is 11.8 Å². The number of ether oxygens (including phenoxy) is 1. The SMILES string of the molecule is O=C1NCc2c(C3CCCNC3)cc(-c3c(O)cccc3OCC3CC3)nc2N1. The largest absolute Gasteiger partial charge is 0.507 e. The molecular weight excluding hydrogens is 368 g/mol. The summed E-state index contributed by atoms with van der Waals surface area (Å²) in [6, 6.07) is 7.13. The summed E-state index contributed by atoms with van der Waals surface area (Å²) in [7, 11) is 0. The summed E-state index contributed by atoms with van der Waals surface area (Å²) in [5, 5.41) is 19.8. The smallest absolute Gasteiger partial charge is 0.320 e. The minimum atomic E-state index is -0.252. The minimum absolute atomic E-state index is 0.138. The topological polar surface area (TPSA) is 95.5 Å². The monoisotopic (exact) mass is 394 g/mol. The zero-order valence-corrected chi connectivity index (χ0v) is 16.3. The van der Waals surface area contributed by atoms with Crippen molar-refractivity contribution in [2.75, 3.05) is 25.0 Å². The van der Waals surface area contributed by atoms with E-state index >= 15 is 0 Å². The van der Waals surface area contributed by atoms with Crippen LogP contribution in [0.15, 0.2) is 24.3 Å². The van der Waals surface area contributed by atoms with Crippen LogP contribution in [0.4, 0.5) is 10.6 Å². The standard InChI is InChI=1S/C22H26N4O3/c27-18-4-1-5-19(29-12-13-6-7-13)20(18)17-9-15(14-3-2-8-23-10-14)16-11-24-22(28)26-21(16)25-17/h1,4-5,9,13-14,23,27H,2-3,6-8,10-12H2,(H2,24,25,26,28). The van der Waals surface area contributed by atoms with Crippen LogP contribution in [-0.4, -0.2) is 35.8 Å². The molecule has 7 heteroatoms. The van der Waals surface area contributed by atoms with Crippen molar-refractivity contribution in [1.82, 2.24) is 15.6 Å². The van der Waals surface area contributed by atoms with Crippen LogP contribution in [-0.2, 0) is 6.54 Å². The molecule has 2 amide bonds. The van der Waals surface area contributed by atoms with Gasteiger partial charge in [-0.1, -0.05) is 6.07 Å². The van der Waals surface area contributed by atoms with Crippen LogP contribution < -0.4 is 20.7 Å². The highest BCUT2D eigenvalue weighted by molar-refractivity contribution is 5.92. The third-order valence-electron chi connectivity index (χ3n) is 5.98. The zero-order chi connectivity index (χ0) is 19.8. The summed E-state index contributed by atoms with van der Waals surface area (Å²) in [4.78, 5) is 16.7. The Morgan fingerprint density at radius 3 is 2.93 bits per heavy atom. The van der Waals surface area contributed by atoms with Crippen molar-refractivity contribution in [3.63, 3.8) is 0 Å². The van der Waals surface area contributed by atoms with E-state index in [0.29, 0.717) is 47.8 Å². The van der Waals surface area contributed by atoms with Gasteiger partial charge >= 0.3 is 6.03 Å². The molecule has 1 aromatic carbocycles. The molecular formula is C22H26N4O3. The average molecular weight is 394 g/mol. The number of benzene rings is 1. The number of amides is 2. The quantitative estimate of drug-likeness (QED) is 0.624. The molecule has 2 aliphatic heterocycles. The summed E-state index contributed by atoms with van der Waals surface area (Å²) in [5.41, 5.74) is 3.42. The predicted molar refractivity (Wildman–Crippen MR) is 110 cm³/mol. The lowest BCUT2D eigenvalue weighted by atomic mass is 9.87. The second kappa shape index (κ2) is 7.55. The van der Waals surface area contributed by atoms with Crippen molar-refractivity contribution in [3.8, 4) is 22.8 Å². The highest BCUT2D eigenvalue weighted by atomic mass is 16.5. The Hall–Kier alpha value is -2.80. The normalized spacial score (nSPS) is 21.1. The van der Waals surface area contributed by atoms with Crippen molar-refractivity contribution in [3.05, 3.63) is 35.4 Å². The molecule has 0 radical (unpaired) electrons.